The highest BCUT2D eigenvalue weighted by Gasteiger charge is 2.72. The van der Waals surface area contributed by atoms with Crippen molar-refractivity contribution in [2.75, 3.05) is 24.8 Å². The standard InChI is InChI=1S/C31H22F12N2O2/c32-15-27(34,35)23-13-19(44)5-11-25(23)46-21-7-1-17(2-8-21)29(30(38,39)40,31(41,42)43)18-3-9-22(10-4-18)47-26-12-6-20(45)14-24(26)28(36,37)16-33/h1-14H,15-16,44-45H2. The number of hydrogen-bond acceptors (Lipinski definition) is 4. The van der Waals surface area contributed by atoms with Crippen LogP contribution < -0.4 is 20.9 Å². The topological polar surface area (TPSA) is 70.5 Å². The van der Waals surface area contributed by atoms with Crippen LogP contribution in [-0.4, -0.2) is 25.7 Å². The molecule has 4 aromatic rings. The number of alkyl halides is 12. The van der Waals surface area contributed by atoms with Gasteiger partial charge in [0.25, 0.3) is 0 Å². The van der Waals surface area contributed by atoms with Crippen LogP contribution in [0.5, 0.6) is 23.0 Å². The van der Waals surface area contributed by atoms with E-state index in [4.69, 9.17) is 20.9 Å². The molecule has 0 aliphatic carbocycles. The van der Waals surface area contributed by atoms with Crippen LogP contribution in [0.2, 0.25) is 0 Å². The first-order chi connectivity index (χ1) is 21.8. The number of nitrogen functional groups attached to an aromatic ring is 2. The predicted octanol–water partition coefficient (Wildman–Crippen LogP) is 9.97. The third kappa shape index (κ3) is 6.72. The molecular formula is C31H22F12N2O2. The number of ether oxygens (including phenoxy) is 2. The van der Waals surface area contributed by atoms with Crippen molar-refractivity contribution >= 4 is 11.4 Å². The fraction of sp³-hybridized carbons (Fsp3) is 0.226. The van der Waals surface area contributed by atoms with Crippen molar-refractivity contribution in [1.82, 2.24) is 0 Å². The Morgan fingerprint density at radius 3 is 1.06 bits per heavy atom. The summed E-state index contributed by atoms with van der Waals surface area (Å²) in [5.41, 5.74) is 1.18. The van der Waals surface area contributed by atoms with Crippen molar-refractivity contribution < 1.29 is 62.2 Å². The minimum atomic E-state index is -6.03. The Morgan fingerprint density at radius 2 is 0.787 bits per heavy atom. The molecule has 252 valence electrons. The van der Waals surface area contributed by atoms with Crippen LogP contribution >= 0.6 is 0 Å². The summed E-state index contributed by atoms with van der Waals surface area (Å²) in [6.45, 7) is -4.30. The summed E-state index contributed by atoms with van der Waals surface area (Å²) in [6, 6.07) is 9.82. The number of anilines is 2. The lowest BCUT2D eigenvalue weighted by Crippen LogP contribution is -2.54. The SMILES string of the molecule is Nc1ccc(Oc2ccc(C(c3ccc(Oc4ccc(N)cc4C(F)(F)CF)cc3)(C(F)(F)F)C(F)(F)F)cc2)c(C(F)(F)CF)c1. The van der Waals surface area contributed by atoms with Crippen molar-refractivity contribution in [1.29, 1.82) is 0 Å². The zero-order chi connectivity index (χ0) is 35.0. The lowest BCUT2D eigenvalue weighted by atomic mass is 9.73. The zero-order valence-corrected chi connectivity index (χ0v) is 23.5. The first-order valence-electron chi connectivity index (χ1n) is 13.1. The average molecular weight is 683 g/mol. The lowest BCUT2D eigenvalue weighted by Gasteiger charge is -2.38. The van der Waals surface area contributed by atoms with E-state index in [1.54, 1.807) is 0 Å². The number of nitrogens with two attached hydrogens (primary N) is 2. The van der Waals surface area contributed by atoms with Crippen molar-refractivity contribution in [2.24, 2.45) is 0 Å². The monoisotopic (exact) mass is 682 g/mol. The average Bonchev–Trinajstić information content (AvgIpc) is 2.99. The fourth-order valence-electron chi connectivity index (χ4n) is 4.77. The van der Waals surface area contributed by atoms with E-state index in [0.717, 1.165) is 24.3 Å². The van der Waals surface area contributed by atoms with Gasteiger partial charge in [-0.25, -0.2) is 8.78 Å². The van der Waals surface area contributed by atoms with Gasteiger partial charge in [-0.15, -0.1) is 0 Å². The largest absolute Gasteiger partial charge is 0.457 e. The van der Waals surface area contributed by atoms with Crippen LogP contribution in [-0.2, 0) is 17.3 Å². The third-order valence-corrected chi connectivity index (χ3v) is 7.01. The Morgan fingerprint density at radius 1 is 0.468 bits per heavy atom. The Labute approximate surface area is 258 Å². The van der Waals surface area contributed by atoms with Crippen LogP contribution in [0.1, 0.15) is 22.3 Å². The number of benzene rings is 4. The van der Waals surface area contributed by atoms with Gasteiger partial charge in [0.2, 0.25) is 5.41 Å². The maximum absolute atomic E-state index is 14.6. The minimum absolute atomic E-state index is 0.195. The van der Waals surface area contributed by atoms with Crippen LogP contribution in [0.15, 0.2) is 84.9 Å². The van der Waals surface area contributed by atoms with Crippen LogP contribution in [0, 0.1) is 0 Å². The molecule has 0 aromatic heterocycles. The molecule has 47 heavy (non-hydrogen) atoms. The van der Waals surface area contributed by atoms with Gasteiger partial charge in [0.05, 0.1) is 11.1 Å². The molecule has 0 aliphatic rings. The molecule has 4 nitrogen and oxygen atoms in total. The van der Waals surface area contributed by atoms with Crippen LogP contribution in [0.4, 0.5) is 64.1 Å². The van der Waals surface area contributed by atoms with Gasteiger partial charge in [0, 0.05) is 11.4 Å². The molecule has 16 heteroatoms. The second-order valence-electron chi connectivity index (χ2n) is 10.2. The molecule has 0 saturated heterocycles. The summed E-state index contributed by atoms with van der Waals surface area (Å²) in [7, 11) is 0. The summed E-state index contributed by atoms with van der Waals surface area (Å²) in [6.07, 6.45) is -12.1. The quantitative estimate of drug-likeness (QED) is 0.129. The second-order valence-corrected chi connectivity index (χ2v) is 10.2. The Balaban J connectivity index is 1.75. The third-order valence-electron chi connectivity index (χ3n) is 7.01. The van der Waals surface area contributed by atoms with Gasteiger partial charge >= 0.3 is 24.2 Å². The van der Waals surface area contributed by atoms with Gasteiger partial charge < -0.3 is 20.9 Å². The Kier molecular flexibility index (Phi) is 9.30. The highest BCUT2D eigenvalue weighted by molar-refractivity contribution is 5.53. The highest BCUT2D eigenvalue weighted by atomic mass is 19.4. The molecule has 0 atom stereocenters. The minimum Gasteiger partial charge on any atom is -0.457 e. The summed E-state index contributed by atoms with van der Waals surface area (Å²) in [4.78, 5) is 0. The normalized spacial score (nSPS) is 13.0. The lowest BCUT2D eigenvalue weighted by molar-refractivity contribution is -0.288. The second kappa shape index (κ2) is 12.4. The molecule has 0 bridgehead atoms. The van der Waals surface area contributed by atoms with Crippen molar-refractivity contribution in [3.8, 4) is 23.0 Å². The summed E-state index contributed by atoms with van der Waals surface area (Å²) < 4.78 is 181. The molecule has 0 saturated carbocycles. The summed E-state index contributed by atoms with van der Waals surface area (Å²) in [5.74, 6) is -10.4. The fourth-order valence-corrected chi connectivity index (χ4v) is 4.77. The predicted molar refractivity (Wildman–Crippen MR) is 147 cm³/mol. The van der Waals surface area contributed by atoms with Crippen molar-refractivity contribution in [2.45, 2.75) is 29.6 Å². The van der Waals surface area contributed by atoms with E-state index in [9.17, 15) is 52.7 Å². The molecule has 0 spiro atoms. The molecule has 4 aromatic carbocycles. The maximum Gasteiger partial charge on any atom is 0.411 e. The van der Waals surface area contributed by atoms with Crippen molar-refractivity contribution in [3.05, 3.63) is 107 Å². The summed E-state index contributed by atoms with van der Waals surface area (Å²) >= 11 is 0. The van der Waals surface area contributed by atoms with Gasteiger partial charge in [-0.3, -0.25) is 0 Å². The molecule has 0 radical (unpaired) electrons. The first-order valence-corrected chi connectivity index (χ1v) is 13.1. The molecule has 0 aliphatic heterocycles. The van der Waals surface area contributed by atoms with E-state index >= 15 is 0 Å². The van der Waals surface area contributed by atoms with Gasteiger partial charge in [0.1, 0.15) is 23.0 Å². The van der Waals surface area contributed by atoms with E-state index < -0.39 is 88.2 Å². The maximum atomic E-state index is 14.6. The van der Waals surface area contributed by atoms with Crippen molar-refractivity contribution in [3.63, 3.8) is 0 Å². The van der Waals surface area contributed by atoms with E-state index in [1.807, 2.05) is 0 Å². The molecule has 0 heterocycles. The van der Waals surface area contributed by atoms with Crippen LogP contribution in [0.3, 0.4) is 0 Å². The molecule has 0 amide bonds. The zero-order valence-electron chi connectivity index (χ0n) is 23.5. The molecule has 4 N–H and O–H groups in total. The molecular weight excluding hydrogens is 660 g/mol. The Bertz CT molecular complexity index is 1580. The van der Waals surface area contributed by atoms with Gasteiger partial charge in [-0.1, -0.05) is 24.3 Å². The Hall–Kier alpha value is -4.76. The smallest absolute Gasteiger partial charge is 0.411 e. The van der Waals surface area contributed by atoms with Gasteiger partial charge in [0.15, 0.2) is 13.3 Å². The molecule has 4 rings (SSSR count). The van der Waals surface area contributed by atoms with Crippen LogP contribution in [0.25, 0.3) is 0 Å². The summed E-state index contributed by atoms with van der Waals surface area (Å²) in [5, 5.41) is 0. The molecule has 0 unspecified atom stereocenters. The van der Waals surface area contributed by atoms with E-state index in [0.29, 0.717) is 60.7 Å². The van der Waals surface area contributed by atoms with E-state index in [2.05, 4.69) is 0 Å². The number of hydrogen-bond donors (Lipinski definition) is 2. The van der Waals surface area contributed by atoms with Gasteiger partial charge in [-0.05, 0) is 71.8 Å². The van der Waals surface area contributed by atoms with Gasteiger partial charge in [-0.2, -0.15) is 43.9 Å². The first kappa shape index (κ1) is 35.1. The number of halogens is 12. The molecule has 0 fully saturated rings. The van der Waals surface area contributed by atoms with E-state index in [1.165, 1.54) is 0 Å². The number of rotatable bonds is 10. The highest BCUT2D eigenvalue weighted by Crippen LogP contribution is 2.56. The van der Waals surface area contributed by atoms with E-state index in [-0.39, 0.29) is 11.4 Å².